The quantitative estimate of drug-likeness (QED) is 0.494. The number of thiocarbonyl (C=S) groups is 2. The van der Waals surface area contributed by atoms with Crippen LogP contribution in [0.15, 0.2) is 12.1 Å². The number of rotatable bonds is 2. The number of hydrogen-bond donors (Lipinski definition) is 4. The molecule has 2 nitrogen and oxygen atoms in total. The van der Waals surface area contributed by atoms with Crippen molar-refractivity contribution in [1.29, 1.82) is 0 Å². The molecule has 0 aromatic heterocycles. The fourth-order valence-corrected chi connectivity index (χ4v) is 1.78. The summed E-state index contributed by atoms with van der Waals surface area (Å²) in [6.45, 7) is 3.97. The maximum Gasteiger partial charge on any atom is 0.135 e. The predicted octanol–water partition coefficient (Wildman–Crippen LogP) is 3.56. The van der Waals surface area contributed by atoms with Crippen molar-refractivity contribution in [2.45, 2.75) is 13.8 Å². The zero-order valence-corrected chi connectivity index (χ0v) is 12.3. The molecule has 1 aromatic carbocycles. The van der Waals surface area contributed by atoms with Crippen LogP contribution in [0.25, 0.3) is 0 Å². The predicted molar refractivity (Wildman–Crippen MR) is 86.3 cm³/mol. The highest BCUT2D eigenvalue weighted by atomic mass is 32.1. The Hall–Kier alpha value is -0.300. The molecule has 1 rings (SSSR count). The lowest BCUT2D eigenvalue weighted by Gasteiger charge is -2.13. The summed E-state index contributed by atoms with van der Waals surface area (Å²) in [5.74, 6) is 0. The smallest absolute Gasteiger partial charge is 0.135 e. The zero-order chi connectivity index (χ0) is 12.3. The van der Waals surface area contributed by atoms with E-state index < -0.39 is 0 Å². The van der Waals surface area contributed by atoms with Crippen LogP contribution in [0.3, 0.4) is 0 Å². The third-order valence-corrected chi connectivity index (χ3v) is 2.48. The Bertz CT molecular complexity index is 401. The maximum atomic E-state index is 4.89. The van der Waals surface area contributed by atoms with E-state index in [1.807, 2.05) is 26.0 Å². The third-order valence-electron chi connectivity index (χ3n) is 2.05. The van der Waals surface area contributed by atoms with Gasteiger partial charge in [0.1, 0.15) is 8.64 Å². The first-order chi connectivity index (χ1) is 7.40. The third kappa shape index (κ3) is 3.93. The van der Waals surface area contributed by atoms with Crippen molar-refractivity contribution in [2.24, 2.45) is 0 Å². The number of hydrogen-bond acceptors (Lipinski definition) is 2. The molecule has 0 atom stereocenters. The number of aryl methyl sites for hydroxylation is 2. The molecule has 0 unspecified atom stereocenters. The summed E-state index contributed by atoms with van der Waals surface area (Å²) < 4.78 is 0.904. The van der Waals surface area contributed by atoms with Crippen molar-refractivity contribution in [3.8, 4) is 0 Å². The number of benzene rings is 1. The van der Waals surface area contributed by atoms with Gasteiger partial charge in [-0.15, -0.1) is 25.3 Å². The van der Waals surface area contributed by atoms with Gasteiger partial charge in [-0.1, -0.05) is 24.4 Å². The van der Waals surface area contributed by atoms with Crippen molar-refractivity contribution in [1.82, 2.24) is 0 Å². The van der Waals surface area contributed by atoms with E-state index in [0.717, 1.165) is 22.5 Å². The van der Waals surface area contributed by atoms with Gasteiger partial charge in [0.2, 0.25) is 0 Å². The van der Waals surface area contributed by atoms with Crippen LogP contribution in [0.5, 0.6) is 0 Å². The van der Waals surface area contributed by atoms with Crippen molar-refractivity contribution in [3.05, 3.63) is 23.3 Å². The van der Waals surface area contributed by atoms with Gasteiger partial charge in [0.25, 0.3) is 0 Å². The summed E-state index contributed by atoms with van der Waals surface area (Å²) >= 11 is 17.9. The van der Waals surface area contributed by atoms with Crippen molar-refractivity contribution >= 4 is 69.7 Å². The molecule has 0 heterocycles. The van der Waals surface area contributed by atoms with Crippen molar-refractivity contribution in [2.75, 3.05) is 10.6 Å². The maximum absolute atomic E-state index is 4.89. The van der Waals surface area contributed by atoms with E-state index in [9.17, 15) is 0 Å². The Balaban J connectivity index is 3.06. The second-order valence-electron chi connectivity index (χ2n) is 3.34. The number of nitrogens with one attached hydrogen (secondary N) is 2. The Kier molecular flexibility index (Phi) is 5.04. The van der Waals surface area contributed by atoms with Crippen LogP contribution in [-0.4, -0.2) is 8.64 Å². The van der Waals surface area contributed by atoms with Gasteiger partial charge >= 0.3 is 0 Å². The van der Waals surface area contributed by atoms with Crippen LogP contribution in [0.1, 0.15) is 11.1 Å². The molecule has 0 fully saturated rings. The van der Waals surface area contributed by atoms with Crippen LogP contribution in [0.2, 0.25) is 0 Å². The largest absolute Gasteiger partial charge is 0.341 e. The first-order valence-corrected chi connectivity index (χ1v) is 6.22. The van der Waals surface area contributed by atoms with Gasteiger partial charge in [-0.2, -0.15) is 0 Å². The van der Waals surface area contributed by atoms with Gasteiger partial charge in [-0.25, -0.2) is 0 Å². The summed E-state index contributed by atoms with van der Waals surface area (Å²) in [4.78, 5) is 0. The fourth-order valence-electron chi connectivity index (χ4n) is 1.32. The molecule has 0 radical (unpaired) electrons. The SMILES string of the molecule is Cc1cc(NC(=S)S)c(C)cc1NC(=S)S. The minimum Gasteiger partial charge on any atom is -0.341 e. The summed E-state index contributed by atoms with van der Waals surface area (Å²) in [5, 5.41) is 6.02. The van der Waals surface area contributed by atoms with Crippen LogP contribution >= 0.6 is 49.7 Å². The molecule has 0 saturated carbocycles. The molecule has 0 spiro atoms. The molecule has 16 heavy (non-hydrogen) atoms. The van der Waals surface area contributed by atoms with E-state index in [-0.39, 0.29) is 0 Å². The average molecular weight is 288 g/mol. The Morgan fingerprint density at radius 2 is 1.25 bits per heavy atom. The summed E-state index contributed by atoms with van der Waals surface area (Å²) in [5.41, 5.74) is 4.03. The highest BCUT2D eigenvalue weighted by molar-refractivity contribution is 8.11. The Morgan fingerprint density at radius 1 is 0.938 bits per heavy atom. The molecule has 0 saturated heterocycles. The van der Waals surface area contributed by atoms with E-state index >= 15 is 0 Å². The van der Waals surface area contributed by atoms with Gasteiger partial charge in [-0.05, 0) is 37.1 Å². The first kappa shape index (κ1) is 13.8. The fraction of sp³-hybridized carbons (Fsp3) is 0.200. The molecule has 0 aliphatic rings. The van der Waals surface area contributed by atoms with Crippen LogP contribution < -0.4 is 10.6 Å². The molecule has 1 aromatic rings. The lowest BCUT2D eigenvalue weighted by molar-refractivity contribution is 1.39. The van der Waals surface area contributed by atoms with Crippen LogP contribution in [0.4, 0.5) is 11.4 Å². The van der Waals surface area contributed by atoms with Crippen molar-refractivity contribution < 1.29 is 0 Å². The minimum atomic E-state index is 0.452. The molecule has 6 heteroatoms. The van der Waals surface area contributed by atoms with Crippen LogP contribution in [0, 0.1) is 13.8 Å². The van der Waals surface area contributed by atoms with E-state index in [1.165, 1.54) is 0 Å². The zero-order valence-electron chi connectivity index (χ0n) is 8.87. The van der Waals surface area contributed by atoms with E-state index in [2.05, 4.69) is 35.9 Å². The number of thiol groups is 2. The highest BCUT2D eigenvalue weighted by Crippen LogP contribution is 2.25. The van der Waals surface area contributed by atoms with Gasteiger partial charge in [-0.3, -0.25) is 0 Å². The summed E-state index contributed by atoms with van der Waals surface area (Å²) in [6.07, 6.45) is 0. The standard InChI is InChI=1S/C10H12N2S4/c1-5-3-8(12-10(15)16)6(2)4-7(5)11-9(13)14/h3-4H,1-2H3,(H2,11,13,14)(H2,12,15,16). The van der Waals surface area contributed by atoms with E-state index in [4.69, 9.17) is 24.4 Å². The molecule has 86 valence electrons. The molecule has 0 aliphatic carbocycles. The number of anilines is 2. The first-order valence-electron chi connectivity index (χ1n) is 4.51. The molecule has 2 N–H and O–H groups in total. The van der Waals surface area contributed by atoms with Gasteiger partial charge in [0.15, 0.2) is 0 Å². The topological polar surface area (TPSA) is 24.1 Å². The molecule has 0 amide bonds. The minimum absolute atomic E-state index is 0.452. The lowest BCUT2D eigenvalue weighted by atomic mass is 10.1. The van der Waals surface area contributed by atoms with E-state index in [1.54, 1.807) is 0 Å². The normalized spacial score (nSPS) is 9.75. The Morgan fingerprint density at radius 3 is 1.50 bits per heavy atom. The van der Waals surface area contributed by atoms with E-state index in [0.29, 0.717) is 8.64 Å². The van der Waals surface area contributed by atoms with Gasteiger partial charge in [0, 0.05) is 11.4 Å². The molecule has 0 aliphatic heterocycles. The summed E-state index contributed by atoms with van der Waals surface area (Å²) in [6, 6.07) is 3.98. The summed E-state index contributed by atoms with van der Waals surface area (Å²) in [7, 11) is 0. The van der Waals surface area contributed by atoms with Crippen LogP contribution in [-0.2, 0) is 0 Å². The van der Waals surface area contributed by atoms with Crippen molar-refractivity contribution in [3.63, 3.8) is 0 Å². The molecular weight excluding hydrogens is 276 g/mol. The second kappa shape index (κ2) is 5.86. The monoisotopic (exact) mass is 288 g/mol. The second-order valence-corrected chi connectivity index (χ2v) is 5.66. The molecular formula is C10H12N2S4. The van der Waals surface area contributed by atoms with Gasteiger partial charge in [0.05, 0.1) is 0 Å². The highest BCUT2D eigenvalue weighted by Gasteiger charge is 2.05. The average Bonchev–Trinajstić information content (AvgIpc) is 2.11. The lowest BCUT2D eigenvalue weighted by Crippen LogP contribution is -2.06. The molecule has 0 bridgehead atoms. The Labute approximate surface area is 117 Å². The van der Waals surface area contributed by atoms with Gasteiger partial charge < -0.3 is 10.6 Å².